The minimum Gasteiger partial charge on any atom is -0.416 e. The molecule has 0 N–H and O–H groups in total. The van der Waals surface area contributed by atoms with Crippen molar-refractivity contribution in [3.8, 4) is 23.0 Å². The Morgan fingerprint density at radius 1 is 0.405 bits per heavy atom. The largest absolute Gasteiger partial charge is 0.433 e. The maximum absolute atomic E-state index is 13.6. The van der Waals surface area contributed by atoms with E-state index in [-0.39, 0.29) is 25.5 Å². The molecule has 0 aromatic heterocycles. The van der Waals surface area contributed by atoms with Crippen molar-refractivity contribution in [3.63, 3.8) is 0 Å². The van der Waals surface area contributed by atoms with Gasteiger partial charge in [0, 0.05) is 0 Å². The van der Waals surface area contributed by atoms with E-state index in [4.69, 9.17) is 22.8 Å². The van der Waals surface area contributed by atoms with Gasteiger partial charge in [-0.2, -0.15) is 0 Å². The van der Waals surface area contributed by atoms with Crippen molar-refractivity contribution < 1.29 is 32.0 Å². The van der Waals surface area contributed by atoms with Crippen LogP contribution >= 0.6 is 15.2 Å². The van der Waals surface area contributed by atoms with E-state index in [1.807, 2.05) is 24.3 Å². The van der Waals surface area contributed by atoms with Gasteiger partial charge in [-0.15, -0.1) is 0 Å². The summed E-state index contributed by atoms with van der Waals surface area (Å²) in [7, 11) is -7.22. The van der Waals surface area contributed by atoms with Gasteiger partial charge in [0.25, 0.3) is 0 Å². The smallest absolute Gasteiger partial charge is 0.416 e. The molecule has 0 saturated heterocycles. The van der Waals surface area contributed by atoms with Crippen LogP contribution in [0.1, 0.15) is 0 Å². The fraction of sp³-hybridized carbons (Fsp3) is 0.143. The fourth-order valence-electron chi connectivity index (χ4n) is 3.24. The van der Waals surface area contributed by atoms with Crippen LogP contribution in [0.25, 0.3) is 0 Å². The second-order valence-electron chi connectivity index (χ2n) is 7.90. The Morgan fingerprint density at radius 3 is 0.892 bits per heavy atom. The lowest BCUT2D eigenvalue weighted by Gasteiger charge is -2.21. The molecule has 0 aliphatic rings. The van der Waals surface area contributed by atoms with Crippen LogP contribution in [0.3, 0.4) is 0 Å². The molecule has 7 nitrogen and oxygen atoms in total. The van der Waals surface area contributed by atoms with Gasteiger partial charge in [0.05, 0.1) is 25.5 Å². The summed E-state index contributed by atoms with van der Waals surface area (Å²) in [5.74, 6) is 1.72. The van der Waals surface area contributed by atoms with Crippen molar-refractivity contribution in [1.29, 1.82) is 0 Å². The highest BCUT2D eigenvalue weighted by Gasteiger charge is 2.30. The number of hydrogen-bond acceptors (Lipinski definition) is 7. The van der Waals surface area contributed by atoms with Gasteiger partial charge >= 0.3 is 15.2 Å². The van der Waals surface area contributed by atoms with Crippen LogP contribution in [0.4, 0.5) is 0 Å². The van der Waals surface area contributed by atoms with E-state index in [2.05, 4.69) is 0 Å². The topological polar surface area (TPSA) is 80.3 Å². The van der Waals surface area contributed by atoms with Gasteiger partial charge in [0.2, 0.25) is 0 Å². The van der Waals surface area contributed by atoms with E-state index in [1.54, 1.807) is 97.1 Å². The molecule has 0 amide bonds. The molecule has 0 heterocycles. The number of para-hydroxylation sites is 4. The highest BCUT2D eigenvalue weighted by Crippen LogP contribution is 2.49. The molecule has 0 atom stereocenters. The highest BCUT2D eigenvalue weighted by molar-refractivity contribution is 7.55. The molecule has 4 aromatic rings. The van der Waals surface area contributed by atoms with Crippen molar-refractivity contribution in [2.24, 2.45) is 0 Å². The van der Waals surface area contributed by atoms with Gasteiger partial charge in [-0.1, -0.05) is 72.8 Å². The van der Waals surface area contributed by atoms with Crippen LogP contribution in [0, 0.1) is 0 Å². The first-order chi connectivity index (χ1) is 18.0. The van der Waals surface area contributed by atoms with E-state index < -0.39 is 15.2 Å². The van der Waals surface area contributed by atoms with Crippen molar-refractivity contribution in [2.45, 2.75) is 0 Å². The van der Waals surface area contributed by atoms with Gasteiger partial charge < -0.3 is 22.8 Å². The third kappa shape index (κ3) is 8.83. The first-order valence-electron chi connectivity index (χ1n) is 11.8. The van der Waals surface area contributed by atoms with Gasteiger partial charge in [-0.05, 0) is 48.5 Å². The van der Waals surface area contributed by atoms with Gasteiger partial charge in [-0.3, -0.25) is 0 Å². The summed E-state index contributed by atoms with van der Waals surface area (Å²) in [5.41, 5.74) is 0. The van der Waals surface area contributed by atoms with Crippen molar-refractivity contribution in [1.82, 2.24) is 0 Å². The number of ether oxygens (including phenoxy) is 1. The van der Waals surface area contributed by atoms with E-state index in [1.165, 1.54) is 0 Å². The molecular weight excluding hydrogens is 510 g/mol. The SMILES string of the molecule is O=P(CCOCCP(=O)(Oc1ccccc1)Oc1ccccc1)(Oc1ccccc1)Oc1ccccc1. The Balaban J connectivity index is 1.37. The molecule has 0 radical (unpaired) electrons. The summed E-state index contributed by atoms with van der Waals surface area (Å²) in [6, 6.07) is 35.3. The standard InChI is InChI=1S/C28H28O7P2/c29-36(32-25-13-5-1-6-14-25,33-26-15-7-2-8-16-26)23-21-31-22-24-37(30,34-27-17-9-3-10-18-27)35-28-19-11-4-12-20-28/h1-20H,21-24H2. The average molecular weight is 538 g/mol. The lowest BCUT2D eigenvalue weighted by Crippen LogP contribution is -2.14. The van der Waals surface area contributed by atoms with Crippen LogP contribution < -0.4 is 18.1 Å². The van der Waals surface area contributed by atoms with Crippen LogP contribution in [-0.4, -0.2) is 25.5 Å². The molecule has 0 unspecified atom stereocenters. The zero-order valence-electron chi connectivity index (χ0n) is 20.1. The number of hydrogen-bond donors (Lipinski definition) is 0. The second kappa shape index (κ2) is 13.2. The maximum atomic E-state index is 13.6. The fourth-order valence-corrected chi connectivity index (χ4v) is 6.16. The van der Waals surface area contributed by atoms with Gasteiger partial charge in [0.15, 0.2) is 0 Å². The number of benzene rings is 4. The quantitative estimate of drug-likeness (QED) is 0.120. The predicted molar refractivity (Wildman–Crippen MR) is 144 cm³/mol. The van der Waals surface area contributed by atoms with Crippen molar-refractivity contribution >= 4 is 15.2 Å². The van der Waals surface area contributed by atoms with Crippen molar-refractivity contribution in [3.05, 3.63) is 121 Å². The second-order valence-corrected chi connectivity index (χ2v) is 12.0. The zero-order chi connectivity index (χ0) is 25.8. The van der Waals surface area contributed by atoms with Crippen LogP contribution in [-0.2, 0) is 13.9 Å². The van der Waals surface area contributed by atoms with Crippen LogP contribution in [0.5, 0.6) is 23.0 Å². The molecule has 37 heavy (non-hydrogen) atoms. The van der Waals surface area contributed by atoms with Crippen LogP contribution in [0.15, 0.2) is 121 Å². The Hall–Kier alpha value is -3.50. The van der Waals surface area contributed by atoms with E-state index in [0.29, 0.717) is 23.0 Å². The lowest BCUT2D eigenvalue weighted by molar-refractivity contribution is 0.158. The summed E-state index contributed by atoms with van der Waals surface area (Å²) in [4.78, 5) is 0. The summed E-state index contributed by atoms with van der Waals surface area (Å²) < 4.78 is 55.9. The summed E-state index contributed by atoms with van der Waals surface area (Å²) in [6.07, 6.45) is -0.0274. The Morgan fingerprint density at radius 2 is 0.649 bits per heavy atom. The molecule has 4 aromatic carbocycles. The minimum absolute atomic E-state index is 0.0137. The summed E-state index contributed by atoms with van der Waals surface area (Å²) in [5, 5.41) is 0. The monoisotopic (exact) mass is 538 g/mol. The average Bonchev–Trinajstić information content (AvgIpc) is 2.90. The normalized spacial score (nSPS) is 11.5. The lowest BCUT2D eigenvalue weighted by atomic mass is 10.3. The molecule has 0 spiro atoms. The summed E-state index contributed by atoms with van der Waals surface area (Å²) in [6.45, 7) is 0.0985. The Kier molecular flexibility index (Phi) is 9.45. The molecule has 9 heteroatoms. The first-order valence-corrected chi connectivity index (χ1v) is 15.2. The summed E-state index contributed by atoms with van der Waals surface area (Å²) >= 11 is 0. The Bertz CT molecular complexity index is 1110. The minimum atomic E-state index is -3.61. The Labute approximate surface area is 217 Å². The third-order valence-electron chi connectivity index (χ3n) is 4.97. The van der Waals surface area contributed by atoms with Crippen LogP contribution in [0.2, 0.25) is 0 Å². The molecule has 0 bridgehead atoms. The molecule has 0 fully saturated rings. The highest BCUT2D eigenvalue weighted by atomic mass is 31.2. The van der Waals surface area contributed by atoms with E-state index >= 15 is 0 Å². The molecule has 0 aliphatic carbocycles. The van der Waals surface area contributed by atoms with Crippen molar-refractivity contribution in [2.75, 3.05) is 25.5 Å². The zero-order valence-corrected chi connectivity index (χ0v) is 21.9. The predicted octanol–water partition coefficient (Wildman–Crippen LogP) is 7.71. The van der Waals surface area contributed by atoms with E-state index in [9.17, 15) is 9.13 Å². The molecule has 0 saturated carbocycles. The van der Waals surface area contributed by atoms with E-state index in [0.717, 1.165) is 0 Å². The third-order valence-corrected chi connectivity index (χ3v) is 8.39. The molecule has 192 valence electrons. The number of rotatable bonds is 14. The molecule has 0 aliphatic heterocycles. The maximum Gasteiger partial charge on any atom is 0.433 e. The first kappa shape index (κ1) is 26.6. The molecule has 4 rings (SSSR count). The van der Waals surface area contributed by atoms with Gasteiger partial charge in [0.1, 0.15) is 23.0 Å². The molecular formula is C28H28O7P2. The van der Waals surface area contributed by atoms with Gasteiger partial charge in [-0.25, -0.2) is 9.13 Å².